The number of aliphatic hydroxyl groups is 1. The van der Waals surface area contributed by atoms with E-state index in [9.17, 15) is 5.11 Å². The Hall–Kier alpha value is -0.570. The second kappa shape index (κ2) is 5.60. The van der Waals surface area contributed by atoms with Gasteiger partial charge < -0.3 is 10.0 Å². The summed E-state index contributed by atoms with van der Waals surface area (Å²) < 4.78 is 0. The van der Waals surface area contributed by atoms with Crippen molar-refractivity contribution in [1.29, 1.82) is 0 Å². The smallest absolute Gasteiger partial charge is 0.0937 e. The molecule has 0 radical (unpaired) electrons. The molecule has 100 valence electrons. The van der Waals surface area contributed by atoms with Crippen molar-refractivity contribution >= 4 is 11.6 Å². The zero-order chi connectivity index (χ0) is 13.2. The van der Waals surface area contributed by atoms with Gasteiger partial charge in [-0.2, -0.15) is 0 Å². The lowest BCUT2D eigenvalue weighted by molar-refractivity contribution is -0.0618. The van der Waals surface area contributed by atoms with Gasteiger partial charge in [-0.1, -0.05) is 36.6 Å². The Morgan fingerprint density at radius 1 is 1.39 bits per heavy atom. The van der Waals surface area contributed by atoms with Gasteiger partial charge in [0.05, 0.1) is 5.60 Å². The van der Waals surface area contributed by atoms with Crippen LogP contribution in [0.2, 0.25) is 5.02 Å². The average molecular weight is 268 g/mol. The van der Waals surface area contributed by atoms with Crippen molar-refractivity contribution in [3.8, 4) is 0 Å². The molecule has 1 aromatic rings. The topological polar surface area (TPSA) is 23.5 Å². The molecule has 0 heterocycles. The van der Waals surface area contributed by atoms with Crippen LogP contribution in [-0.4, -0.2) is 30.6 Å². The highest BCUT2D eigenvalue weighted by Crippen LogP contribution is 2.42. The molecule has 1 saturated carbocycles. The van der Waals surface area contributed by atoms with E-state index >= 15 is 0 Å². The van der Waals surface area contributed by atoms with E-state index in [-0.39, 0.29) is 0 Å². The summed E-state index contributed by atoms with van der Waals surface area (Å²) in [4.78, 5) is 2.16. The van der Waals surface area contributed by atoms with Crippen molar-refractivity contribution in [2.75, 3.05) is 20.6 Å². The summed E-state index contributed by atoms with van der Waals surface area (Å²) in [6, 6.07) is 7.70. The standard InChI is InChI=1S/C15H22ClNO/c1-17(2)11-13-6-3-4-9-15(13,18)12-7-5-8-14(16)10-12/h5,7-8,10,13,18H,3-4,6,9,11H2,1-2H3/t13-,15+/m0/s1. The van der Waals surface area contributed by atoms with Crippen LogP contribution in [-0.2, 0) is 5.60 Å². The van der Waals surface area contributed by atoms with E-state index in [1.54, 1.807) is 0 Å². The van der Waals surface area contributed by atoms with Crippen LogP contribution in [0.4, 0.5) is 0 Å². The van der Waals surface area contributed by atoms with E-state index in [4.69, 9.17) is 11.6 Å². The molecule has 1 aliphatic rings. The third-order valence-electron chi connectivity index (χ3n) is 3.95. The minimum Gasteiger partial charge on any atom is -0.385 e. The van der Waals surface area contributed by atoms with Crippen LogP contribution in [0.15, 0.2) is 24.3 Å². The highest BCUT2D eigenvalue weighted by molar-refractivity contribution is 6.30. The number of hydrogen-bond donors (Lipinski definition) is 1. The summed E-state index contributed by atoms with van der Waals surface area (Å²) >= 11 is 6.06. The Labute approximate surface area is 115 Å². The van der Waals surface area contributed by atoms with Gasteiger partial charge in [-0.25, -0.2) is 0 Å². The molecule has 1 N–H and O–H groups in total. The normalized spacial score (nSPS) is 28.6. The van der Waals surface area contributed by atoms with Crippen molar-refractivity contribution in [3.05, 3.63) is 34.9 Å². The van der Waals surface area contributed by atoms with Crippen LogP contribution in [0, 0.1) is 5.92 Å². The summed E-state index contributed by atoms with van der Waals surface area (Å²) in [6.45, 7) is 0.920. The summed E-state index contributed by atoms with van der Waals surface area (Å²) in [5.74, 6) is 0.291. The molecule has 0 bridgehead atoms. The molecule has 0 aromatic heterocycles. The molecular formula is C15H22ClNO. The van der Waals surface area contributed by atoms with E-state index in [1.807, 2.05) is 24.3 Å². The Balaban J connectivity index is 2.29. The van der Waals surface area contributed by atoms with E-state index < -0.39 is 5.60 Å². The van der Waals surface area contributed by atoms with Gasteiger partial charge in [-0.15, -0.1) is 0 Å². The zero-order valence-electron chi connectivity index (χ0n) is 11.2. The molecule has 1 aliphatic carbocycles. The van der Waals surface area contributed by atoms with Gasteiger partial charge in [0.15, 0.2) is 0 Å². The van der Waals surface area contributed by atoms with Gasteiger partial charge in [0.25, 0.3) is 0 Å². The first kappa shape index (κ1) is 13.9. The van der Waals surface area contributed by atoms with Crippen molar-refractivity contribution in [2.45, 2.75) is 31.3 Å². The van der Waals surface area contributed by atoms with Gasteiger partial charge in [-0.3, -0.25) is 0 Å². The molecule has 1 fully saturated rings. The lowest BCUT2D eigenvalue weighted by Gasteiger charge is -2.41. The second-order valence-electron chi connectivity index (χ2n) is 5.64. The minimum absolute atomic E-state index is 0.291. The van der Waals surface area contributed by atoms with Crippen molar-refractivity contribution < 1.29 is 5.11 Å². The molecule has 1 aromatic carbocycles. The first-order valence-electron chi connectivity index (χ1n) is 6.65. The molecule has 0 saturated heterocycles. The monoisotopic (exact) mass is 267 g/mol. The summed E-state index contributed by atoms with van der Waals surface area (Å²) in [6.07, 6.45) is 4.22. The molecule has 2 rings (SSSR count). The molecular weight excluding hydrogens is 246 g/mol. The molecule has 2 atom stereocenters. The quantitative estimate of drug-likeness (QED) is 0.909. The fourth-order valence-corrected chi connectivity index (χ4v) is 3.24. The third kappa shape index (κ3) is 2.87. The highest BCUT2D eigenvalue weighted by Gasteiger charge is 2.40. The van der Waals surface area contributed by atoms with Crippen LogP contribution in [0.25, 0.3) is 0 Å². The molecule has 3 heteroatoms. The number of benzene rings is 1. The van der Waals surface area contributed by atoms with Crippen LogP contribution in [0.1, 0.15) is 31.2 Å². The third-order valence-corrected chi connectivity index (χ3v) is 4.18. The molecule has 18 heavy (non-hydrogen) atoms. The Kier molecular flexibility index (Phi) is 4.31. The highest BCUT2D eigenvalue weighted by atomic mass is 35.5. The van der Waals surface area contributed by atoms with E-state index in [0.29, 0.717) is 10.9 Å². The van der Waals surface area contributed by atoms with E-state index in [2.05, 4.69) is 19.0 Å². The summed E-state index contributed by atoms with van der Waals surface area (Å²) in [5, 5.41) is 11.8. The fraction of sp³-hybridized carbons (Fsp3) is 0.600. The van der Waals surface area contributed by atoms with Gasteiger partial charge in [0, 0.05) is 17.5 Å². The van der Waals surface area contributed by atoms with Gasteiger partial charge in [0.2, 0.25) is 0 Å². The zero-order valence-corrected chi connectivity index (χ0v) is 12.0. The number of halogens is 1. The molecule has 0 spiro atoms. The summed E-state index contributed by atoms with van der Waals surface area (Å²) in [7, 11) is 4.12. The maximum absolute atomic E-state index is 11.1. The van der Waals surface area contributed by atoms with Crippen LogP contribution in [0.3, 0.4) is 0 Å². The van der Waals surface area contributed by atoms with Gasteiger partial charge in [-0.05, 0) is 44.6 Å². The molecule has 0 amide bonds. The number of nitrogens with zero attached hydrogens (tertiary/aromatic N) is 1. The average Bonchev–Trinajstić information content (AvgIpc) is 2.32. The van der Waals surface area contributed by atoms with E-state index in [0.717, 1.165) is 31.4 Å². The number of hydrogen-bond acceptors (Lipinski definition) is 2. The summed E-state index contributed by atoms with van der Waals surface area (Å²) in [5.41, 5.74) is 0.259. The Morgan fingerprint density at radius 2 is 2.17 bits per heavy atom. The van der Waals surface area contributed by atoms with Crippen LogP contribution in [0.5, 0.6) is 0 Å². The van der Waals surface area contributed by atoms with Gasteiger partial charge in [0.1, 0.15) is 0 Å². The molecule has 2 nitrogen and oxygen atoms in total. The Bertz CT molecular complexity index is 407. The predicted molar refractivity (Wildman–Crippen MR) is 75.9 cm³/mol. The second-order valence-corrected chi connectivity index (χ2v) is 6.08. The van der Waals surface area contributed by atoms with Crippen molar-refractivity contribution in [2.24, 2.45) is 5.92 Å². The first-order valence-corrected chi connectivity index (χ1v) is 7.03. The fourth-order valence-electron chi connectivity index (χ4n) is 3.05. The van der Waals surface area contributed by atoms with Crippen LogP contribution >= 0.6 is 11.6 Å². The molecule has 0 unspecified atom stereocenters. The van der Waals surface area contributed by atoms with Crippen molar-refractivity contribution in [3.63, 3.8) is 0 Å². The van der Waals surface area contributed by atoms with Crippen molar-refractivity contribution in [1.82, 2.24) is 4.90 Å². The van der Waals surface area contributed by atoms with Gasteiger partial charge >= 0.3 is 0 Å². The predicted octanol–water partition coefficient (Wildman–Crippen LogP) is 3.28. The maximum atomic E-state index is 11.1. The SMILES string of the molecule is CN(C)C[C@@H]1CCCC[C@@]1(O)c1cccc(Cl)c1. The Morgan fingerprint density at radius 3 is 2.83 bits per heavy atom. The van der Waals surface area contributed by atoms with Crippen LogP contribution < -0.4 is 0 Å². The lowest BCUT2D eigenvalue weighted by Crippen LogP contribution is -2.43. The maximum Gasteiger partial charge on any atom is 0.0937 e. The lowest BCUT2D eigenvalue weighted by atomic mass is 9.71. The first-order chi connectivity index (χ1) is 8.52. The largest absolute Gasteiger partial charge is 0.385 e. The molecule has 0 aliphatic heterocycles. The number of rotatable bonds is 3. The minimum atomic E-state index is -0.715. The van der Waals surface area contributed by atoms with E-state index in [1.165, 1.54) is 6.42 Å².